The number of hydrogen-bond donors (Lipinski definition) is 2. The fourth-order valence-electron chi connectivity index (χ4n) is 2.95. The van der Waals surface area contributed by atoms with Crippen LogP contribution in [0.4, 0.5) is 0 Å². The highest BCUT2D eigenvalue weighted by molar-refractivity contribution is 7.99. The number of carbonyl (C=O) groups excluding carboxylic acids is 1. The summed E-state index contributed by atoms with van der Waals surface area (Å²) in [6, 6.07) is 10.6. The number of amides is 1. The predicted molar refractivity (Wildman–Crippen MR) is 115 cm³/mol. The molecule has 2 N–H and O–H groups in total. The molecule has 11 nitrogen and oxygen atoms in total. The van der Waals surface area contributed by atoms with E-state index in [2.05, 4.69) is 20.8 Å². The number of aromatic carboxylic acids is 1. The fraction of sp³-hybridized carbons (Fsp3) is 0.250. The SMILES string of the molecule is COc1cc(C(=O)O)c(CNC(=O)CSc2nnnn2-c2ccccc2)c(OC)c1OC. The van der Waals surface area contributed by atoms with E-state index in [1.54, 1.807) is 0 Å². The summed E-state index contributed by atoms with van der Waals surface area (Å²) in [6.45, 7) is -0.0891. The minimum atomic E-state index is -1.19. The van der Waals surface area contributed by atoms with Crippen molar-refractivity contribution in [2.24, 2.45) is 0 Å². The minimum Gasteiger partial charge on any atom is -0.493 e. The van der Waals surface area contributed by atoms with Gasteiger partial charge in [0.25, 0.3) is 0 Å². The molecule has 3 rings (SSSR count). The number of rotatable bonds is 10. The first-order chi connectivity index (χ1) is 15.5. The molecule has 0 fully saturated rings. The number of ether oxygens (including phenoxy) is 3. The molecule has 0 spiro atoms. The molecule has 0 atom stereocenters. The van der Waals surface area contributed by atoms with Crippen molar-refractivity contribution in [3.8, 4) is 22.9 Å². The van der Waals surface area contributed by atoms with Gasteiger partial charge in [0.2, 0.25) is 16.8 Å². The van der Waals surface area contributed by atoms with Gasteiger partial charge in [-0.2, -0.15) is 4.68 Å². The van der Waals surface area contributed by atoms with Crippen LogP contribution in [-0.4, -0.2) is 64.3 Å². The van der Waals surface area contributed by atoms with Gasteiger partial charge < -0.3 is 24.6 Å². The molecule has 1 aromatic heterocycles. The van der Waals surface area contributed by atoms with Gasteiger partial charge in [0.05, 0.1) is 38.3 Å². The maximum atomic E-state index is 12.5. The van der Waals surface area contributed by atoms with Crippen LogP contribution in [0.5, 0.6) is 17.2 Å². The second kappa shape index (κ2) is 10.5. The third-order valence-electron chi connectivity index (χ3n) is 4.40. The van der Waals surface area contributed by atoms with Crippen molar-refractivity contribution in [1.29, 1.82) is 0 Å². The quantitative estimate of drug-likeness (QED) is 0.432. The lowest BCUT2D eigenvalue weighted by molar-refractivity contribution is -0.118. The van der Waals surface area contributed by atoms with Crippen LogP contribution in [0.2, 0.25) is 0 Å². The third-order valence-corrected chi connectivity index (χ3v) is 5.32. The summed E-state index contributed by atoms with van der Waals surface area (Å²) in [7, 11) is 4.19. The fourth-order valence-corrected chi connectivity index (χ4v) is 3.67. The number of tetrazole rings is 1. The number of hydrogen-bond acceptors (Lipinski definition) is 9. The zero-order valence-electron chi connectivity index (χ0n) is 17.6. The number of carboxylic acid groups (broad SMARTS) is 1. The summed E-state index contributed by atoms with van der Waals surface area (Å²) in [5, 5.41) is 24.3. The van der Waals surface area contributed by atoms with Crippen molar-refractivity contribution in [2.45, 2.75) is 11.7 Å². The molecular weight excluding hydrogens is 438 g/mol. The molecule has 0 bridgehead atoms. The van der Waals surface area contributed by atoms with Crippen molar-refractivity contribution in [1.82, 2.24) is 25.5 Å². The highest BCUT2D eigenvalue weighted by Gasteiger charge is 2.24. The number of aromatic nitrogens is 4. The molecule has 2 aromatic carbocycles. The van der Waals surface area contributed by atoms with Crippen LogP contribution in [0.1, 0.15) is 15.9 Å². The zero-order chi connectivity index (χ0) is 23.1. The number of carbonyl (C=O) groups is 2. The molecule has 12 heteroatoms. The first kappa shape index (κ1) is 22.9. The molecule has 0 unspecified atom stereocenters. The maximum Gasteiger partial charge on any atom is 0.336 e. The lowest BCUT2D eigenvalue weighted by Gasteiger charge is -2.18. The average Bonchev–Trinajstić information content (AvgIpc) is 3.29. The van der Waals surface area contributed by atoms with Gasteiger partial charge in [0.15, 0.2) is 11.5 Å². The Morgan fingerprint density at radius 3 is 2.44 bits per heavy atom. The number of benzene rings is 2. The van der Waals surface area contributed by atoms with Crippen LogP contribution < -0.4 is 19.5 Å². The van der Waals surface area contributed by atoms with E-state index in [4.69, 9.17) is 14.2 Å². The van der Waals surface area contributed by atoms with E-state index in [9.17, 15) is 14.7 Å². The Labute approximate surface area is 187 Å². The van der Waals surface area contributed by atoms with Crippen LogP contribution >= 0.6 is 11.8 Å². The number of nitrogens with one attached hydrogen (secondary N) is 1. The van der Waals surface area contributed by atoms with Crippen molar-refractivity contribution in [3.05, 3.63) is 47.5 Å². The lowest BCUT2D eigenvalue weighted by atomic mass is 10.0. The molecular formula is C20H21N5O6S. The Morgan fingerprint density at radius 2 is 1.81 bits per heavy atom. The standard InChI is InChI=1S/C20H21N5O6S/c1-29-15-9-13(19(27)28)14(17(30-2)18(15)31-3)10-21-16(26)11-32-20-22-23-24-25(20)12-7-5-4-6-8-12/h4-9H,10-11H2,1-3H3,(H,21,26)(H,27,28). The van der Waals surface area contributed by atoms with E-state index in [0.29, 0.717) is 5.16 Å². The van der Waals surface area contributed by atoms with Gasteiger partial charge in [-0.1, -0.05) is 30.0 Å². The first-order valence-electron chi connectivity index (χ1n) is 9.28. The van der Waals surface area contributed by atoms with Gasteiger partial charge in [-0.05, 0) is 28.6 Å². The summed E-state index contributed by atoms with van der Waals surface area (Å²) < 4.78 is 17.4. The minimum absolute atomic E-state index is 0.0191. The largest absolute Gasteiger partial charge is 0.493 e. The molecule has 32 heavy (non-hydrogen) atoms. The summed E-state index contributed by atoms with van der Waals surface area (Å²) in [4.78, 5) is 24.2. The number of methoxy groups -OCH3 is 3. The van der Waals surface area contributed by atoms with E-state index in [1.807, 2.05) is 30.3 Å². The van der Waals surface area contributed by atoms with E-state index in [0.717, 1.165) is 17.4 Å². The summed E-state index contributed by atoms with van der Waals surface area (Å²) in [6.07, 6.45) is 0. The topological polar surface area (TPSA) is 138 Å². The smallest absolute Gasteiger partial charge is 0.336 e. The van der Waals surface area contributed by atoms with Crippen molar-refractivity contribution < 1.29 is 28.9 Å². The second-order valence-electron chi connectivity index (χ2n) is 6.25. The van der Waals surface area contributed by atoms with Crippen molar-refractivity contribution >= 4 is 23.6 Å². The van der Waals surface area contributed by atoms with Gasteiger partial charge in [-0.15, -0.1) is 5.10 Å². The summed E-state index contributed by atoms with van der Waals surface area (Å²) in [5.41, 5.74) is 0.951. The van der Waals surface area contributed by atoms with Crippen LogP contribution in [0.15, 0.2) is 41.6 Å². The predicted octanol–water partition coefficient (Wildman–Crippen LogP) is 1.79. The van der Waals surface area contributed by atoms with E-state index < -0.39 is 5.97 Å². The van der Waals surface area contributed by atoms with Gasteiger partial charge in [0.1, 0.15) is 0 Å². The molecule has 0 aliphatic rings. The Morgan fingerprint density at radius 1 is 1.09 bits per heavy atom. The number of nitrogens with zero attached hydrogens (tertiary/aromatic N) is 4. The monoisotopic (exact) mass is 459 g/mol. The Hall–Kier alpha value is -3.80. The molecule has 168 valence electrons. The molecule has 1 heterocycles. The Bertz CT molecular complexity index is 1110. The molecule has 0 radical (unpaired) electrons. The molecule has 3 aromatic rings. The highest BCUT2D eigenvalue weighted by Crippen LogP contribution is 2.42. The highest BCUT2D eigenvalue weighted by atomic mass is 32.2. The van der Waals surface area contributed by atoms with Crippen LogP contribution in [0, 0.1) is 0 Å². The summed E-state index contributed by atoms with van der Waals surface area (Å²) in [5.74, 6) is -0.896. The average molecular weight is 459 g/mol. The number of thioether (sulfide) groups is 1. The number of para-hydroxylation sites is 1. The van der Waals surface area contributed by atoms with Gasteiger partial charge >= 0.3 is 5.97 Å². The lowest BCUT2D eigenvalue weighted by Crippen LogP contribution is -2.26. The molecule has 0 saturated heterocycles. The third kappa shape index (κ3) is 4.91. The Kier molecular flexibility index (Phi) is 7.49. The second-order valence-corrected chi connectivity index (χ2v) is 7.19. The van der Waals surface area contributed by atoms with Crippen LogP contribution in [-0.2, 0) is 11.3 Å². The number of carboxylic acids is 1. The molecule has 1 amide bonds. The van der Waals surface area contributed by atoms with E-state index in [1.165, 1.54) is 32.1 Å². The molecule has 0 aliphatic carbocycles. The normalized spacial score (nSPS) is 10.5. The van der Waals surface area contributed by atoms with Crippen molar-refractivity contribution in [3.63, 3.8) is 0 Å². The van der Waals surface area contributed by atoms with Gasteiger partial charge in [-0.25, -0.2) is 4.79 Å². The van der Waals surface area contributed by atoms with Gasteiger partial charge in [0, 0.05) is 12.1 Å². The van der Waals surface area contributed by atoms with E-state index in [-0.39, 0.29) is 46.6 Å². The van der Waals surface area contributed by atoms with Gasteiger partial charge in [-0.3, -0.25) is 4.79 Å². The first-order valence-corrected chi connectivity index (χ1v) is 10.3. The van der Waals surface area contributed by atoms with E-state index >= 15 is 0 Å². The van der Waals surface area contributed by atoms with Crippen LogP contribution in [0.3, 0.4) is 0 Å². The molecule has 0 aliphatic heterocycles. The molecule has 0 saturated carbocycles. The maximum absolute atomic E-state index is 12.5. The zero-order valence-corrected chi connectivity index (χ0v) is 18.4. The Balaban J connectivity index is 1.73. The summed E-state index contributed by atoms with van der Waals surface area (Å²) >= 11 is 1.15. The van der Waals surface area contributed by atoms with Crippen molar-refractivity contribution in [2.75, 3.05) is 27.1 Å². The van der Waals surface area contributed by atoms with Crippen LogP contribution in [0.25, 0.3) is 5.69 Å².